The maximum atomic E-state index is 13.9. The van der Waals surface area contributed by atoms with Gasteiger partial charge in [-0.2, -0.15) is 47.9 Å². The predicted octanol–water partition coefficient (Wildman–Crippen LogP) is 4.90. The lowest BCUT2D eigenvalue weighted by Crippen LogP contribution is -2.64. The summed E-state index contributed by atoms with van der Waals surface area (Å²) in [7, 11) is -6.12. The van der Waals surface area contributed by atoms with Crippen molar-refractivity contribution in [1.29, 1.82) is 0 Å². The zero-order chi connectivity index (χ0) is 26.0. The number of azo groups is 1. The molecule has 0 radical (unpaired) electrons. The molecule has 0 saturated carbocycles. The first-order chi connectivity index (χ1) is 14.7. The Hall–Kier alpha value is -3.05. The van der Waals surface area contributed by atoms with Crippen molar-refractivity contribution in [1.82, 2.24) is 0 Å². The number of esters is 1. The van der Waals surface area contributed by atoms with Gasteiger partial charge in [-0.15, -0.1) is 10.2 Å². The summed E-state index contributed by atoms with van der Waals surface area (Å²) in [6, 6.07) is 3.34. The van der Waals surface area contributed by atoms with Crippen molar-refractivity contribution in [3.05, 3.63) is 35.7 Å². The smallest absolute Gasteiger partial charge is 0.460 e. The van der Waals surface area contributed by atoms with Gasteiger partial charge in [0.2, 0.25) is 5.70 Å². The number of nitrogens with one attached hydrogen (secondary N) is 1. The Morgan fingerprint density at radius 2 is 1.52 bits per heavy atom. The van der Waals surface area contributed by atoms with E-state index in [9.17, 15) is 57.8 Å². The number of halogens is 9. The highest BCUT2D eigenvalue weighted by Gasteiger charge is 2.85. The highest BCUT2D eigenvalue weighted by atomic mass is 32.2. The van der Waals surface area contributed by atoms with Crippen molar-refractivity contribution < 1.29 is 62.6 Å². The van der Waals surface area contributed by atoms with Crippen LogP contribution in [0.5, 0.6) is 0 Å². The second-order valence-electron chi connectivity index (χ2n) is 5.91. The van der Waals surface area contributed by atoms with E-state index in [1.54, 1.807) is 0 Å². The van der Waals surface area contributed by atoms with Gasteiger partial charge in [-0.05, 0) is 19.1 Å². The van der Waals surface area contributed by atoms with Gasteiger partial charge in [0.1, 0.15) is 11.4 Å². The Morgan fingerprint density at radius 1 is 1.00 bits per heavy atom. The topological polar surface area (TPSA) is 117 Å². The van der Waals surface area contributed by atoms with Gasteiger partial charge in [0, 0.05) is 0 Å². The largest absolute Gasteiger partial charge is 0.510 e. The van der Waals surface area contributed by atoms with E-state index in [1.807, 2.05) is 0 Å². The molecule has 0 atom stereocenters. The van der Waals surface area contributed by atoms with E-state index in [2.05, 4.69) is 15.0 Å². The van der Waals surface area contributed by atoms with Crippen LogP contribution in [-0.4, -0.2) is 49.9 Å². The van der Waals surface area contributed by atoms with E-state index in [0.29, 0.717) is 6.07 Å². The molecule has 33 heavy (non-hydrogen) atoms. The van der Waals surface area contributed by atoms with Crippen molar-refractivity contribution in [3.8, 4) is 0 Å². The molecular weight excluding hydrogens is 505 g/mol. The number of aliphatic hydroxyl groups is 1. The van der Waals surface area contributed by atoms with Crippen molar-refractivity contribution in [2.45, 2.75) is 30.2 Å². The van der Waals surface area contributed by atoms with Gasteiger partial charge in [0.25, 0.3) is 0 Å². The molecule has 1 aromatic rings. The fourth-order valence-electron chi connectivity index (χ4n) is 1.85. The van der Waals surface area contributed by atoms with Crippen LogP contribution < -0.4 is 4.72 Å². The number of carbonyl (C=O) groups is 1. The Labute approximate surface area is 178 Å². The zero-order valence-corrected chi connectivity index (χ0v) is 16.9. The minimum atomic E-state index is -7.44. The molecular formula is C15H12F9N3O5S. The quantitative estimate of drug-likeness (QED) is 0.167. The van der Waals surface area contributed by atoms with Crippen LogP contribution in [0.1, 0.15) is 6.92 Å². The van der Waals surface area contributed by atoms with Crippen LogP contribution in [0.2, 0.25) is 0 Å². The Bertz CT molecular complexity index is 1070. The number of ether oxygens (including phenoxy) is 1. The highest BCUT2D eigenvalue weighted by Crippen LogP contribution is 2.55. The molecule has 0 heterocycles. The maximum Gasteiger partial charge on any atom is 0.460 e. The third kappa shape index (κ3) is 5.14. The molecule has 0 fully saturated rings. The first-order valence-electron chi connectivity index (χ1n) is 7.96. The lowest BCUT2D eigenvalue weighted by atomic mass is 10.1. The van der Waals surface area contributed by atoms with Crippen LogP contribution in [0.25, 0.3) is 0 Å². The molecule has 18 heteroatoms. The molecule has 0 aromatic heterocycles. The van der Waals surface area contributed by atoms with E-state index in [-0.39, 0.29) is 0 Å². The molecule has 8 nitrogen and oxygen atoms in total. The number of sulfonamides is 1. The van der Waals surface area contributed by atoms with Crippen molar-refractivity contribution in [2.75, 3.05) is 11.8 Å². The molecule has 0 aliphatic rings. The van der Waals surface area contributed by atoms with Crippen molar-refractivity contribution in [2.24, 2.45) is 10.2 Å². The summed E-state index contributed by atoms with van der Waals surface area (Å²) < 4.78 is 146. The number of para-hydroxylation sites is 1. The third-order valence-corrected chi connectivity index (χ3v) is 5.00. The third-order valence-electron chi connectivity index (χ3n) is 3.58. The lowest BCUT2D eigenvalue weighted by Gasteiger charge is -2.33. The van der Waals surface area contributed by atoms with Crippen LogP contribution in [-0.2, 0) is 19.6 Å². The normalized spacial score (nSPS) is 14.8. The van der Waals surface area contributed by atoms with Crippen LogP contribution in [0.3, 0.4) is 0 Å². The van der Waals surface area contributed by atoms with Crippen LogP contribution in [0.4, 0.5) is 50.9 Å². The van der Waals surface area contributed by atoms with Gasteiger partial charge >= 0.3 is 39.3 Å². The second kappa shape index (κ2) is 9.06. The first kappa shape index (κ1) is 28.0. The maximum absolute atomic E-state index is 13.9. The number of aliphatic hydroxyl groups excluding tert-OH is 1. The minimum Gasteiger partial charge on any atom is -0.510 e. The summed E-state index contributed by atoms with van der Waals surface area (Å²) in [5.74, 6) is -16.9. The van der Waals surface area contributed by atoms with E-state index >= 15 is 0 Å². The molecule has 186 valence electrons. The van der Waals surface area contributed by atoms with Gasteiger partial charge < -0.3 is 9.84 Å². The number of alkyl halides is 9. The molecule has 0 spiro atoms. The standard InChI is InChI=1S/C15H12F9N3O5S/c1-7(28)10(11(29)32-2)26-25-8-5-3-4-6-9(8)27-33(30,31)15(23,24)13(18,19)12(16,17)14(20,21)22/h3-6,27-28H,1-2H3/b10-7-,26-25?. The fourth-order valence-corrected chi connectivity index (χ4v) is 2.90. The van der Waals surface area contributed by atoms with E-state index < -0.39 is 62.1 Å². The SMILES string of the molecule is COC(=O)/C(N=Nc1ccccc1NS(=O)(=O)C(F)(F)C(F)(F)C(F)(F)C(F)(F)F)=C(\C)O. The fraction of sp³-hybridized carbons (Fsp3) is 0.400. The van der Waals surface area contributed by atoms with Crippen LogP contribution >= 0.6 is 0 Å². The Morgan fingerprint density at radius 3 is 1.97 bits per heavy atom. The Balaban J connectivity index is 3.48. The number of anilines is 1. The number of hydrogen-bond donors (Lipinski definition) is 2. The molecule has 2 N–H and O–H groups in total. The average molecular weight is 517 g/mol. The molecule has 0 aliphatic carbocycles. The number of methoxy groups -OCH3 is 1. The average Bonchev–Trinajstić information content (AvgIpc) is 2.67. The van der Waals surface area contributed by atoms with Crippen molar-refractivity contribution in [3.63, 3.8) is 0 Å². The number of hydrogen-bond acceptors (Lipinski definition) is 7. The summed E-state index contributed by atoms with van der Waals surface area (Å²) in [6.07, 6.45) is -7.22. The van der Waals surface area contributed by atoms with Gasteiger partial charge in [-0.1, -0.05) is 12.1 Å². The lowest BCUT2D eigenvalue weighted by molar-refractivity contribution is -0.382. The summed E-state index contributed by atoms with van der Waals surface area (Å²) in [5, 5.41) is 8.78. The van der Waals surface area contributed by atoms with E-state index in [1.165, 1.54) is 0 Å². The highest BCUT2D eigenvalue weighted by molar-refractivity contribution is 7.93. The number of nitrogens with zero attached hydrogens (tertiary/aromatic N) is 2. The van der Waals surface area contributed by atoms with Crippen LogP contribution in [0, 0.1) is 0 Å². The number of benzene rings is 1. The van der Waals surface area contributed by atoms with Gasteiger partial charge in [-0.25, -0.2) is 4.79 Å². The molecule has 0 saturated heterocycles. The summed E-state index contributed by atoms with van der Waals surface area (Å²) >= 11 is 0. The summed E-state index contributed by atoms with van der Waals surface area (Å²) in [6.45, 7) is 0.934. The predicted molar refractivity (Wildman–Crippen MR) is 91.7 cm³/mol. The molecule has 1 rings (SSSR count). The van der Waals surface area contributed by atoms with Crippen LogP contribution in [0.15, 0.2) is 46.0 Å². The van der Waals surface area contributed by atoms with E-state index in [4.69, 9.17) is 0 Å². The first-order valence-corrected chi connectivity index (χ1v) is 9.44. The molecule has 1 aromatic carbocycles. The molecule has 0 unspecified atom stereocenters. The monoisotopic (exact) mass is 517 g/mol. The molecule has 0 aliphatic heterocycles. The van der Waals surface area contributed by atoms with Gasteiger partial charge in [0.15, 0.2) is 0 Å². The van der Waals surface area contributed by atoms with Crippen molar-refractivity contribution >= 4 is 27.4 Å². The number of carbonyl (C=O) groups excluding carboxylic acids is 1. The number of rotatable bonds is 8. The van der Waals surface area contributed by atoms with Gasteiger partial charge in [0.05, 0.1) is 12.8 Å². The minimum absolute atomic E-state index is 0.579. The molecule has 0 amide bonds. The van der Waals surface area contributed by atoms with Gasteiger partial charge in [-0.3, -0.25) is 4.72 Å². The summed E-state index contributed by atoms with van der Waals surface area (Å²) in [5.41, 5.74) is -2.80. The van der Waals surface area contributed by atoms with E-state index in [0.717, 1.165) is 37.0 Å². The summed E-state index contributed by atoms with van der Waals surface area (Å²) in [4.78, 5) is 11.5. The molecule has 0 bridgehead atoms. The Kier molecular flexibility index (Phi) is 7.69. The number of allylic oxidation sites excluding steroid dienone is 1. The zero-order valence-electron chi connectivity index (χ0n) is 16.1. The second-order valence-corrected chi connectivity index (χ2v) is 7.64.